The molecule has 0 atom stereocenters. The Kier molecular flexibility index (Phi) is 1.55. The van der Waals surface area contributed by atoms with Crippen LogP contribution < -0.4 is 0 Å². The Bertz CT molecular complexity index is 334. The van der Waals surface area contributed by atoms with E-state index in [2.05, 4.69) is 9.97 Å². The number of rotatable bonds is 1. The highest BCUT2D eigenvalue weighted by atomic mass is 35.5. The molecule has 0 fully saturated rings. The SMILES string of the molecule is ClCc1cc2cccnc2[nH]1. The Hall–Kier alpha value is -1.02. The Balaban J connectivity index is 2.69. The summed E-state index contributed by atoms with van der Waals surface area (Å²) in [4.78, 5) is 7.24. The van der Waals surface area contributed by atoms with Crippen molar-refractivity contribution in [2.75, 3.05) is 0 Å². The van der Waals surface area contributed by atoms with Gasteiger partial charge in [-0.1, -0.05) is 0 Å². The van der Waals surface area contributed by atoms with Gasteiger partial charge in [-0.05, 0) is 18.2 Å². The Labute approximate surface area is 69.2 Å². The van der Waals surface area contributed by atoms with Crippen LogP contribution in [0.5, 0.6) is 0 Å². The molecule has 2 nitrogen and oxygen atoms in total. The molecule has 11 heavy (non-hydrogen) atoms. The van der Waals surface area contributed by atoms with E-state index in [0.717, 1.165) is 16.7 Å². The van der Waals surface area contributed by atoms with Gasteiger partial charge in [-0.15, -0.1) is 11.6 Å². The fourth-order valence-corrected chi connectivity index (χ4v) is 1.23. The molecule has 1 N–H and O–H groups in total. The minimum Gasteiger partial charge on any atom is -0.342 e. The minimum absolute atomic E-state index is 0.510. The fraction of sp³-hybridized carbons (Fsp3) is 0.125. The molecule has 0 saturated carbocycles. The molecule has 0 bridgehead atoms. The molecule has 0 aliphatic rings. The Morgan fingerprint density at radius 2 is 2.45 bits per heavy atom. The van der Waals surface area contributed by atoms with Crippen molar-refractivity contribution in [3.05, 3.63) is 30.1 Å². The number of hydrogen-bond donors (Lipinski definition) is 1. The summed E-state index contributed by atoms with van der Waals surface area (Å²) in [6.07, 6.45) is 1.76. The summed E-state index contributed by atoms with van der Waals surface area (Å²) < 4.78 is 0. The molecule has 0 radical (unpaired) electrons. The van der Waals surface area contributed by atoms with Gasteiger partial charge in [0.05, 0.1) is 5.88 Å². The minimum atomic E-state index is 0.510. The average Bonchev–Trinajstić information content (AvgIpc) is 2.46. The summed E-state index contributed by atoms with van der Waals surface area (Å²) in [6, 6.07) is 5.93. The number of alkyl halides is 1. The van der Waals surface area contributed by atoms with Crippen LogP contribution in [0.15, 0.2) is 24.4 Å². The van der Waals surface area contributed by atoms with Crippen molar-refractivity contribution >= 4 is 22.6 Å². The number of pyridine rings is 1. The van der Waals surface area contributed by atoms with Crippen LogP contribution in [0.25, 0.3) is 11.0 Å². The molecule has 2 aromatic heterocycles. The summed E-state index contributed by atoms with van der Waals surface area (Å²) >= 11 is 5.64. The molecule has 3 heteroatoms. The summed E-state index contributed by atoms with van der Waals surface area (Å²) in [5, 5.41) is 1.11. The smallest absolute Gasteiger partial charge is 0.137 e. The van der Waals surface area contributed by atoms with E-state index in [0.29, 0.717) is 5.88 Å². The number of hydrogen-bond acceptors (Lipinski definition) is 1. The van der Waals surface area contributed by atoms with Gasteiger partial charge in [0.15, 0.2) is 0 Å². The van der Waals surface area contributed by atoms with Crippen molar-refractivity contribution < 1.29 is 0 Å². The third kappa shape index (κ3) is 1.10. The van der Waals surface area contributed by atoms with E-state index in [1.807, 2.05) is 18.2 Å². The summed E-state index contributed by atoms with van der Waals surface area (Å²) in [7, 11) is 0. The van der Waals surface area contributed by atoms with Gasteiger partial charge in [0.1, 0.15) is 5.65 Å². The summed E-state index contributed by atoms with van der Waals surface area (Å²) in [6.45, 7) is 0. The van der Waals surface area contributed by atoms with Crippen molar-refractivity contribution in [1.29, 1.82) is 0 Å². The lowest BCUT2D eigenvalue weighted by atomic mass is 10.3. The number of nitrogens with one attached hydrogen (secondary N) is 1. The molecule has 0 aliphatic heterocycles. The first kappa shape index (κ1) is 6.68. The lowest BCUT2D eigenvalue weighted by Gasteiger charge is -1.83. The van der Waals surface area contributed by atoms with Gasteiger partial charge in [-0.25, -0.2) is 4.98 Å². The Morgan fingerprint density at radius 1 is 1.55 bits per heavy atom. The quantitative estimate of drug-likeness (QED) is 0.647. The summed E-state index contributed by atoms with van der Waals surface area (Å²) in [5.41, 5.74) is 1.92. The van der Waals surface area contributed by atoms with Crippen LogP contribution in [0.4, 0.5) is 0 Å². The normalized spacial score (nSPS) is 10.6. The molecule has 0 unspecified atom stereocenters. The second-order valence-corrected chi connectivity index (χ2v) is 2.64. The number of aromatic amines is 1. The molecule has 0 saturated heterocycles. The monoisotopic (exact) mass is 166 g/mol. The van der Waals surface area contributed by atoms with Crippen molar-refractivity contribution in [1.82, 2.24) is 9.97 Å². The number of halogens is 1. The predicted octanol–water partition coefficient (Wildman–Crippen LogP) is 2.30. The van der Waals surface area contributed by atoms with E-state index >= 15 is 0 Å². The third-order valence-corrected chi connectivity index (χ3v) is 1.88. The molecule has 56 valence electrons. The molecular formula is C8H7ClN2. The van der Waals surface area contributed by atoms with Crippen molar-refractivity contribution in [3.63, 3.8) is 0 Å². The van der Waals surface area contributed by atoms with Crippen LogP contribution >= 0.6 is 11.6 Å². The van der Waals surface area contributed by atoms with E-state index in [1.54, 1.807) is 6.20 Å². The zero-order valence-electron chi connectivity index (χ0n) is 5.84. The zero-order chi connectivity index (χ0) is 7.68. The van der Waals surface area contributed by atoms with Crippen LogP contribution in [-0.4, -0.2) is 9.97 Å². The molecule has 0 aliphatic carbocycles. The standard InChI is InChI=1S/C8H7ClN2/c9-5-7-4-6-2-1-3-10-8(6)11-7/h1-4H,5H2,(H,10,11). The highest BCUT2D eigenvalue weighted by Crippen LogP contribution is 2.12. The van der Waals surface area contributed by atoms with Crippen LogP contribution in [0.1, 0.15) is 5.69 Å². The predicted molar refractivity (Wildman–Crippen MR) is 45.7 cm³/mol. The van der Waals surface area contributed by atoms with Gasteiger partial charge in [0, 0.05) is 17.3 Å². The first-order valence-corrected chi connectivity index (χ1v) is 3.92. The van der Waals surface area contributed by atoms with Gasteiger partial charge in [0.2, 0.25) is 0 Å². The number of nitrogens with zero attached hydrogens (tertiary/aromatic N) is 1. The molecule has 2 heterocycles. The van der Waals surface area contributed by atoms with E-state index in [1.165, 1.54) is 0 Å². The molecular weight excluding hydrogens is 160 g/mol. The highest BCUT2D eigenvalue weighted by molar-refractivity contribution is 6.17. The largest absolute Gasteiger partial charge is 0.342 e. The van der Waals surface area contributed by atoms with E-state index in [4.69, 9.17) is 11.6 Å². The van der Waals surface area contributed by atoms with E-state index in [-0.39, 0.29) is 0 Å². The lowest BCUT2D eigenvalue weighted by Crippen LogP contribution is -1.75. The maximum atomic E-state index is 5.64. The van der Waals surface area contributed by atoms with Gasteiger partial charge in [-0.3, -0.25) is 0 Å². The Morgan fingerprint density at radius 3 is 3.18 bits per heavy atom. The summed E-state index contributed by atoms with van der Waals surface area (Å²) in [5.74, 6) is 0.510. The third-order valence-electron chi connectivity index (χ3n) is 1.59. The van der Waals surface area contributed by atoms with Gasteiger partial charge in [-0.2, -0.15) is 0 Å². The van der Waals surface area contributed by atoms with Gasteiger partial charge >= 0.3 is 0 Å². The topological polar surface area (TPSA) is 28.7 Å². The van der Waals surface area contributed by atoms with E-state index in [9.17, 15) is 0 Å². The second-order valence-electron chi connectivity index (χ2n) is 2.37. The maximum Gasteiger partial charge on any atom is 0.137 e. The number of H-pyrrole nitrogens is 1. The molecule has 0 spiro atoms. The highest BCUT2D eigenvalue weighted by Gasteiger charge is 1.97. The molecule has 0 aromatic carbocycles. The first-order valence-electron chi connectivity index (χ1n) is 3.39. The van der Waals surface area contributed by atoms with Crippen molar-refractivity contribution in [3.8, 4) is 0 Å². The second kappa shape index (κ2) is 2.55. The fourth-order valence-electron chi connectivity index (χ4n) is 1.09. The molecule has 2 aromatic rings. The van der Waals surface area contributed by atoms with Crippen molar-refractivity contribution in [2.45, 2.75) is 5.88 Å². The van der Waals surface area contributed by atoms with Crippen LogP contribution in [-0.2, 0) is 5.88 Å². The van der Waals surface area contributed by atoms with Gasteiger partial charge < -0.3 is 4.98 Å². The van der Waals surface area contributed by atoms with Crippen molar-refractivity contribution in [2.24, 2.45) is 0 Å². The maximum absolute atomic E-state index is 5.64. The zero-order valence-corrected chi connectivity index (χ0v) is 6.60. The average molecular weight is 167 g/mol. The van der Waals surface area contributed by atoms with E-state index < -0.39 is 0 Å². The van der Waals surface area contributed by atoms with Crippen LogP contribution in [0.2, 0.25) is 0 Å². The first-order chi connectivity index (χ1) is 5.40. The molecule has 2 rings (SSSR count). The lowest BCUT2D eigenvalue weighted by molar-refractivity contribution is 1.22. The number of fused-ring (bicyclic) bond motifs is 1. The van der Waals surface area contributed by atoms with Crippen LogP contribution in [0.3, 0.4) is 0 Å². The van der Waals surface area contributed by atoms with Crippen LogP contribution in [0, 0.1) is 0 Å². The van der Waals surface area contributed by atoms with Gasteiger partial charge in [0.25, 0.3) is 0 Å². The number of aromatic nitrogens is 2. The molecule has 0 amide bonds.